The summed E-state index contributed by atoms with van der Waals surface area (Å²) in [6.07, 6.45) is 0.185. The molecular weight excluding hydrogens is 220 g/mol. The Morgan fingerprint density at radius 2 is 1.75 bits per heavy atom. The zero-order chi connectivity index (χ0) is 12.3. The summed E-state index contributed by atoms with van der Waals surface area (Å²) in [4.78, 5) is 30.1. The van der Waals surface area contributed by atoms with Gasteiger partial charge in [0.2, 0.25) is 5.75 Å². The van der Waals surface area contributed by atoms with Gasteiger partial charge in [-0.05, 0) is 0 Å². The van der Waals surface area contributed by atoms with Gasteiger partial charge >= 0.3 is 5.69 Å². The Bertz CT molecular complexity index is 470. The molecule has 0 spiro atoms. The first-order valence-electron chi connectivity index (χ1n) is 3.97. The lowest BCUT2D eigenvalue weighted by atomic mass is 10.1. The SMILES string of the molecule is COc1cc([N+](=O)[O-])c(C=O)cc1[N+](=O)[O-]. The zero-order valence-corrected chi connectivity index (χ0v) is 8.08. The molecular formula is C8H6N2O6. The Morgan fingerprint density at radius 1 is 1.19 bits per heavy atom. The second kappa shape index (κ2) is 4.34. The Kier molecular flexibility index (Phi) is 3.14. The van der Waals surface area contributed by atoms with Crippen LogP contribution in [0, 0.1) is 20.2 Å². The smallest absolute Gasteiger partial charge is 0.312 e. The molecule has 0 unspecified atom stereocenters. The van der Waals surface area contributed by atoms with E-state index in [-0.39, 0.29) is 17.6 Å². The van der Waals surface area contributed by atoms with Gasteiger partial charge in [0.05, 0.1) is 28.6 Å². The van der Waals surface area contributed by atoms with E-state index in [1.54, 1.807) is 0 Å². The van der Waals surface area contributed by atoms with Gasteiger partial charge in [0.25, 0.3) is 5.69 Å². The summed E-state index contributed by atoms with van der Waals surface area (Å²) in [7, 11) is 1.15. The van der Waals surface area contributed by atoms with Crippen molar-refractivity contribution in [2.24, 2.45) is 0 Å². The van der Waals surface area contributed by atoms with E-state index in [1.165, 1.54) is 0 Å². The van der Waals surface area contributed by atoms with Crippen LogP contribution in [0.2, 0.25) is 0 Å². The predicted octanol–water partition coefficient (Wildman–Crippen LogP) is 1.32. The Morgan fingerprint density at radius 3 is 2.12 bits per heavy atom. The van der Waals surface area contributed by atoms with Crippen molar-refractivity contribution in [2.45, 2.75) is 0 Å². The van der Waals surface area contributed by atoms with E-state index in [0.717, 1.165) is 19.2 Å². The molecule has 0 fully saturated rings. The third-order valence-corrected chi connectivity index (χ3v) is 1.85. The Hall–Kier alpha value is -2.51. The summed E-state index contributed by atoms with van der Waals surface area (Å²) in [6.45, 7) is 0. The highest BCUT2D eigenvalue weighted by Crippen LogP contribution is 2.33. The van der Waals surface area contributed by atoms with Gasteiger partial charge in [-0.2, -0.15) is 0 Å². The van der Waals surface area contributed by atoms with E-state index in [9.17, 15) is 25.0 Å². The maximum absolute atomic E-state index is 10.6. The van der Waals surface area contributed by atoms with Crippen LogP contribution >= 0.6 is 0 Å². The summed E-state index contributed by atoms with van der Waals surface area (Å²) in [6, 6.07) is 1.66. The van der Waals surface area contributed by atoms with Crippen molar-refractivity contribution in [1.82, 2.24) is 0 Å². The van der Waals surface area contributed by atoms with Crippen LogP contribution < -0.4 is 4.74 Å². The number of nitro groups is 2. The highest BCUT2D eigenvalue weighted by Gasteiger charge is 2.24. The second-order valence-corrected chi connectivity index (χ2v) is 2.71. The fraction of sp³-hybridized carbons (Fsp3) is 0.125. The quantitative estimate of drug-likeness (QED) is 0.434. The van der Waals surface area contributed by atoms with E-state index in [4.69, 9.17) is 0 Å². The lowest BCUT2D eigenvalue weighted by Gasteiger charge is -2.02. The van der Waals surface area contributed by atoms with E-state index in [2.05, 4.69) is 4.74 Å². The summed E-state index contributed by atoms with van der Waals surface area (Å²) in [5.41, 5.74) is -1.38. The summed E-state index contributed by atoms with van der Waals surface area (Å²) in [5.74, 6) is -0.262. The molecule has 0 bridgehead atoms. The number of rotatable bonds is 4. The van der Waals surface area contributed by atoms with Crippen LogP contribution in [0.15, 0.2) is 12.1 Å². The highest BCUT2D eigenvalue weighted by atomic mass is 16.6. The number of aldehydes is 1. The van der Waals surface area contributed by atoms with Crippen LogP contribution in [0.3, 0.4) is 0 Å². The lowest BCUT2D eigenvalue weighted by Crippen LogP contribution is -2.00. The molecule has 0 aliphatic carbocycles. The van der Waals surface area contributed by atoms with Gasteiger partial charge < -0.3 is 4.74 Å². The third kappa shape index (κ3) is 1.95. The molecule has 0 saturated carbocycles. The molecule has 16 heavy (non-hydrogen) atoms. The fourth-order valence-corrected chi connectivity index (χ4v) is 1.13. The molecule has 0 heterocycles. The minimum absolute atomic E-state index is 0.185. The van der Waals surface area contributed by atoms with Gasteiger partial charge in [0.1, 0.15) is 0 Å². The van der Waals surface area contributed by atoms with Crippen LogP contribution in [0.4, 0.5) is 11.4 Å². The van der Waals surface area contributed by atoms with Crippen molar-refractivity contribution in [3.05, 3.63) is 37.9 Å². The number of methoxy groups -OCH3 is 1. The number of hydrogen-bond acceptors (Lipinski definition) is 6. The van der Waals surface area contributed by atoms with Crippen LogP contribution in [-0.2, 0) is 0 Å². The maximum atomic E-state index is 10.6. The lowest BCUT2D eigenvalue weighted by molar-refractivity contribution is -0.390. The van der Waals surface area contributed by atoms with Gasteiger partial charge in [-0.1, -0.05) is 0 Å². The predicted molar refractivity (Wildman–Crippen MR) is 51.7 cm³/mol. The minimum atomic E-state index is -0.810. The van der Waals surface area contributed by atoms with Crippen molar-refractivity contribution in [3.63, 3.8) is 0 Å². The molecule has 0 amide bonds. The minimum Gasteiger partial charge on any atom is -0.490 e. The fourth-order valence-electron chi connectivity index (χ4n) is 1.13. The average molecular weight is 226 g/mol. The zero-order valence-electron chi connectivity index (χ0n) is 8.08. The number of nitro benzene ring substituents is 2. The molecule has 8 heteroatoms. The first kappa shape index (κ1) is 11.6. The standard InChI is InChI=1S/C8H6N2O6/c1-16-8-3-6(9(12)13)5(4-11)2-7(8)10(14)15/h2-4H,1H3. The largest absolute Gasteiger partial charge is 0.490 e. The number of benzene rings is 1. The summed E-state index contributed by atoms with van der Waals surface area (Å²) < 4.78 is 4.63. The molecule has 0 N–H and O–H groups in total. The second-order valence-electron chi connectivity index (χ2n) is 2.71. The van der Waals surface area contributed by atoms with Crippen molar-refractivity contribution in [1.29, 1.82) is 0 Å². The molecule has 0 saturated heterocycles. The number of hydrogen-bond donors (Lipinski definition) is 0. The van der Waals surface area contributed by atoms with Gasteiger partial charge in [0, 0.05) is 6.07 Å². The molecule has 0 aromatic heterocycles. The van der Waals surface area contributed by atoms with Gasteiger partial charge in [-0.15, -0.1) is 0 Å². The monoisotopic (exact) mass is 226 g/mol. The highest BCUT2D eigenvalue weighted by molar-refractivity contribution is 5.84. The first-order chi connectivity index (χ1) is 7.51. The van der Waals surface area contributed by atoms with E-state index < -0.39 is 21.2 Å². The third-order valence-electron chi connectivity index (χ3n) is 1.85. The van der Waals surface area contributed by atoms with E-state index in [1.807, 2.05) is 0 Å². The van der Waals surface area contributed by atoms with E-state index in [0.29, 0.717) is 0 Å². The summed E-state index contributed by atoms with van der Waals surface area (Å²) >= 11 is 0. The van der Waals surface area contributed by atoms with Crippen LogP contribution in [0.25, 0.3) is 0 Å². The molecule has 0 aliphatic rings. The molecule has 8 nitrogen and oxygen atoms in total. The Balaban J connectivity index is 3.52. The Labute approximate surface area is 88.7 Å². The molecule has 1 rings (SSSR count). The topological polar surface area (TPSA) is 113 Å². The van der Waals surface area contributed by atoms with E-state index >= 15 is 0 Å². The van der Waals surface area contributed by atoms with Crippen LogP contribution in [-0.4, -0.2) is 23.2 Å². The van der Waals surface area contributed by atoms with Crippen molar-refractivity contribution in [3.8, 4) is 5.75 Å². The molecule has 1 aromatic rings. The van der Waals surface area contributed by atoms with Crippen LogP contribution in [0.1, 0.15) is 10.4 Å². The number of nitrogens with zero attached hydrogens (tertiary/aromatic N) is 2. The average Bonchev–Trinajstić information content (AvgIpc) is 2.26. The van der Waals surface area contributed by atoms with Crippen LogP contribution in [0.5, 0.6) is 5.75 Å². The van der Waals surface area contributed by atoms with Crippen molar-refractivity contribution < 1.29 is 19.4 Å². The summed E-state index contributed by atoms with van der Waals surface area (Å²) in [5, 5.41) is 21.1. The molecule has 1 aromatic carbocycles. The van der Waals surface area contributed by atoms with Crippen molar-refractivity contribution in [2.75, 3.05) is 7.11 Å². The van der Waals surface area contributed by atoms with Gasteiger partial charge in [0.15, 0.2) is 6.29 Å². The number of ether oxygens (including phenoxy) is 1. The van der Waals surface area contributed by atoms with Crippen molar-refractivity contribution >= 4 is 17.7 Å². The maximum Gasteiger partial charge on any atom is 0.312 e. The van der Waals surface area contributed by atoms with Gasteiger partial charge in [-0.3, -0.25) is 25.0 Å². The molecule has 84 valence electrons. The normalized spacial score (nSPS) is 9.56. The molecule has 0 atom stereocenters. The number of carbonyl (C=O) groups is 1. The number of carbonyl (C=O) groups excluding carboxylic acids is 1. The molecule has 0 radical (unpaired) electrons. The molecule has 0 aliphatic heterocycles. The van der Waals surface area contributed by atoms with Gasteiger partial charge in [-0.25, -0.2) is 0 Å². The first-order valence-corrected chi connectivity index (χ1v) is 3.97.